The fourth-order valence-corrected chi connectivity index (χ4v) is 9.71. The van der Waals surface area contributed by atoms with Crippen LogP contribution in [0.15, 0.2) is 54.6 Å². The number of benzene rings is 1. The van der Waals surface area contributed by atoms with E-state index < -0.39 is 28.2 Å². The molecule has 1 aromatic carbocycles. The second-order valence-corrected chi connectivity index (χ2v) is 15.3. The molecule has 0 radical (unpaired) electrons. The Bertz CT molecular complexity index is 1220. The van der Waals surface area contributed by atoms with Crippen LogP contribution in [0.25, 0.3) is 0 Å². The minimum Gasteiger partial charge on any atom is -0.396 e. The number of thioether (sulfide) groups is 1. The van der Waals surface area contributed by atoms with E-state index in [9.17, 15) is 19.5 Å². The van der Waals surface area contributed by atoms with E-state index in [1.54, 1.807) is 16.7 Å². The molecular weight excluding hydrogens is 534 g/mol. The van der Waals surface area contributed by atoms with Crippen LogP contribution in [0.4, 0.5) is 0 Å². The van der Waals surface area contributed by atoms with Gasteiger partial charge >= 0.3 is 0 Å². The third-order valence-electron chi connectivity index (χ3n) is 8.96. The quantitative estimate of drug-likeness (QED) is 0.368. The second-order valence-electron chi connectivity index (χ2n) is 13.8. The molecule has 41 heavy (non-hydrogen) atoms. The highest BCUT2D eigenvalue weighted by molar-refractivity contribution is 8.02. The third-order valence-corrected chi connectivity index (χ3v) is 10.7. The summed E-state index contributed by atoms with van der Waals surface area (Å²) in [6, 6.07) is 9.26. The average Bonchev–Trinajstić information content (AvgIpc) is 3.20. The predicted octanol–water partition coefficient (Wildman–Crippen LogP) is 4.27. The number of unbranched alkanes of at least 4 members (excludes halogenated alkanes) is 1. The van der Waals surface area contributed by atoms with Crippen molar-refractivity contribution in [3.05, 3.63) is 60.2 Å². The maximum absolute atomic E-state index is 14.7. The molecule has 1 N–H and O–H groups in total. The molecule has 0 aliphatic carbocycles. The molecule has 5 rings (SSSR count). The molecular formula is C33H45N3O4S. The zero-order valence-electron chi connectivity index (χ0n) is 25.1. The van der Waals surface area contributed by atoms with Crippen LogP contribution >= 0.6 is 11.8 Å². The van der Waals surface area contributed by atoms with Gasteiger partial charge in [-0.05, 0) is 44.1 Å². The number of hydrogen-bond donors (Lipinski definition) is 1. The normalized spacial score (nSPS) is 29.9. The number of hydrogen-bond acceptors (Lipinski definition) is 5. The first-order chi connectivity index (χ1) is 19.4. The van der Waals surface area contributed by atoms with Crippen LogP contribution in [0.5, 0.6) is 0 Å². The molecule has 7 nitrogen and oxygen atoms in total. The Kier molecular flexibility index (Phi) is 8.20. The monoisotopic (exact) mass is 579 g/mol. The lowest BCUT2D eigenvalue weighted by Gasteiger charge is -2.44. The Hall–Kier alpha value is -2.58. The minimum absolute atomic E-state index is 0.0149. The summed E-state index contributed by atoms with van der Waals surface area (Å²) in [5.41, 5.74) is 0.649. The number of amides is 3. The van der Waals surface area contributed by atoms with Crippen molar-refractivity contribution in [2.24, 2.45) is 17.3 Å². The van der Waals surface area contributed by atoms with E-state index in [-0.39, 0.29) is 35.0 Å². The lowest BCUT2D eigenvalue weighted by atomic mass is 9.77. The number of likely N-dealkylation sites (tertiary alicyclic amines) is 1. The fourth-order valence-electron chi connectivity index (χ4n) is 7.71. The molecule has 0 saturated carbocycles. The van der Waals surface area contributed by atoms with Gasteiger partial charge in [-0.25, -0.2) is 0 Å². The number of carbonyl (C=O) groups is 3. The summed E-state index contributed by atoms with van der Waals surface area (Å²) < 4.78 is -0.814. The first-order valence-electron chi connectivity index (χ1n) is 15.0. The topological polar surface area (TPSA) is 81.2 Å². The number of nitrogens with zero attached hydrogens (tertiary/aromatic N) is 3. The molecule has 1 spiro atoms. The van der Waals surface area contributed by atoms with E-state index in [1.165, 1.54) is 0 Å². The van der Waals surface area contributed by atoms with Crippen LogP contribution in [-0.4, -0.2) is 85.3 Å². The number of fused-ring (bicyclic) bond motifs is 2. The van der Waals surface area contributed by atoms with Crippen molar-refractivity contribution in [2.45, 2.75) is 82.0 Å². The molecule has 2 saturated heterocycles. The number of aliphatic hydroxyl groups is 1. The zero-order valence-corrected chi connectivity index (χ0v) is 25.9. The summed E-state index contributed by atoms with van der Waals surface area (Å²) in [5, 5.41) is 9.30. The van der Waals surface area contributed by atoms with Gasteiger partial charge in [0.05, 0.1) is 16.6 Å². The van der Waals surface area contributed by atoms with E-state index in [0.29, 0.717) is 39.0 Å². The lowest BCUT2D eigenvalue weighted by molar-refractivity contribution is -0.147. The highest BCUT2D eigenvalue weighted by atomic mass is 32.2. The Morgan fingerprint density at radius 1 is 0.951 bits per heavy atom. The van der Waals surface area contributed by atoms with E-state index in [0.717, 1.165) is 12.0 Å². The van der Waals surface area contributed by atoms with Crippen LogP contribution in [0.3, 0.4) is 0 Å². The molecule has 4 aliphatic heterocycles. The molecule has 0 bridgehead atoms. The smallest absolute Gasteiger partial charge is 0.247 e. The average molecular weight is 580 g/mol. The van der Waals surface area contributed by atoms with Crippen molar-refractivity contribution in [1.29, 1.82) is 0 Å². The molecule has 4 heterocycles. The molecule has 8 heteroatoms. The van der Waals surface area contributed by atoms with E-state index >= 15 is 0 Å². The molecule has 3 amide bonds. The summed E-state index contributed by atoms with van der Waals surface area (Å²) in [4.78, 5) is 48.9. The van der Waals surface area contributed by atoms with Crippen LogP contribution < -0.4 is 0 Å². The highest BCUT2D eigenvalue weighted by Gasteiger charge is 2.71. The summed E-state index contributed by atoms with van der Waals surface area (Å²) >= 11 is 1.63. The van der Waals surface area contributed by atoms with E-state index in [4.69, 9.17) is 0 Å². The predicted molar refractivity (Wildman–Crippen MR) is 163 cm³/mol. The van der Waals surface area contributed by atoms with E-state index in [2.05, 4.69) is 58.9 Å². The Balaban J connectivity index is 1.53. The molecule has 1 aromatic rings. The van der Waals surface area contributed by atoms with Crippen molar-refractivity contribution < 1.29 is 19.5 Å². The van der Waals surface area contributed by atoms with Crippen molar-refractivity contribution in [3.63, 3.8) is 0 Å². The largest absolute Gasteiger partial charge is 0.396 e. The van der Waals surface area contributed by atoms with Crippen molar-refractivity contribution in [3.8, 4) is 0 Å². The molecule has 4 aliphatic rings. The van der Waals surface area contributed by atoms with Gasteiger partial charge in [0.25, 0.3) is 0 Å². The van der Waals surface area contributed by atoms with Crippen LogP contribution in [0.2, 0.25) is 0 Å². The molecule has 5 atom stereocenters. The Morgan fingerprint density at radius 2 is 1.68 bits per heavy atom. The highest BCUT2D eigenvalue weighted by Crippen LogP contribution is 2.61. The van der Waals surface area contributed by atoms with Gasteiger partial charge in [-0.3, -0.25) is 14.4 Å². The third kappa shape index (κ3) is 5.50. The van der Waals surface area contributed by atoms with Crippen LogP contribution in [0, 0.1) is 17.3 Å². The maximum Gasteiger partial charge on any atom is 0.247 e. The van der Waals surface area contributed by atoms with Gasteiger partial charge in [-0.1, -0.05) is 75.4 Å². The SMILES string of the molecule is CC(C)(C)CC(C)(C)N1CC=C[C@]23S[C@@H]4C=CCN(Cc5ccccc5)C(=O)[C@@H]4[C@H]2C(=O)N(CCCCO)C3C1=O. The maximum atomic E-state index is 14.7. The number of carbonyl (C=O) groups excluding carboxylic acids is 3. The van der Waals surface area contributed by atoms with Gasteiger partial charge in [0.1, 0.15) is 6.04 Å². The first-order valence-corrected chi connectivity index (χ1v) is 15.9. The molecule has 222 valence electrons. The standard InChI is InChI=1S/C33H45N3O4S/c1-31(2,3)22-32(4,5)36-19-12-16-33-26(29(39)35(18-9-10-20-37)27(33)30(36)40)25-24(41-33)15-11-17-34(28(25)38)21-23-13-7-6-8-14-23/h6-8,11-16,24-27,37H,9-10,17-22H2,1-5H3/t24-,25+,26+,27?,33+/m1/s1. The molecule has 2 fully saturated rings. The second kappa shape index (κ2) is 11.3. The molecule has 0 aromatic heterocycles. The fraction of sp³-hybridized carbons (Fsp3) is 0.606. The first kappa shape index (κ1) is 29.9. The van der Waals surface area contributed by atoms with Gasteiger partial charge < -0.3 is 19.8 Å². The summed E-state index contributed by atoms with van der Waals surface area (Å²) in [5.74, 6) is -1.31. The summed E-state index contributed by atoms with van der Waals surface area (Å²) in [7, 11) is 0. The Morgan fingerprint density at radius 3 is 2.37 bits per heavy atom. The summed E-state index contributed by atoms with van der Waals surface area (Å²) in [6.45, 7) is 12.7. The number of rotatable bonds is 8. The molecule has 1 unspecified atom stereocenters. The summed E-state index contributed by atoms with van der Waals surface area (Å²) in [6.07, 6.45) is 10.3. The number of aliphatic hydroxyl groups excluding tert-OH is 1. The van der Waals surface area contributed by atoms with Crippen molar-refractivity contribution in [2.75, 3.05) is 26.2 Å². The van der Waals surface area contributed by atoms with Gasteiger partial charge in [-0.15, -0.1) is 11.8 Å². The minimum atomic E-state index is -0.814. The van der Waals surface area contributed by atoms with Crippen LogP contribution in [-0.2, 0) is 20.9 Å². The zero-order chi connectivity index (χ0) is 29.6. The van der Waals surface area contributed by atoms with Crippen molar-refractivity contribution in [1.82, 2.24) is 14.7 Å². The van der Waals surface area contributed by atoms with Gasteiger partial charge in [0.15, 0.2) is 0 Å². The van der Waals surface area contributed by atoms with Gasteiger partial charge in [0, 0.05) is 43.6 Å². The van der Waals surface area contributed by atoms with Crippen LogP contribution in [0.1, 0.15) is 59.4 Å². The lowest BCUT2D eigenvalue weighted by Crippen LogP contribution is -2.58. The Labute approximate surface area is 249 Å². The van der Waals surface area contributed by atoms with Gasteiger partial charge in [-0.2, -0.15) is 0 Å². The van der Waals surface area contributed by atoms with E-state index in [1.807, 2.05) is 40.1 Å². The van der Waals surface area contributed by atoms with Gasteiger partial charge in [0.2, 0.25) is 17.7 Å². The van der Waals surface area contributed by atoms with Crippen molar-refractivity contribution >= 4 is 29.5 Å².